The first kappa shape index (κ1) is 19.7. The minimum absolute atomic E-state index is 0.0803. The summed E-state index contributed by atoms with van der Waals surface area (Å²) in [5, 5.41) is 4.07. The van der Waals surface area contributed by atoms with Gasteiger partial charge in [0.05, 0.1) is 11.1 Å². The van der Waals surface area contributed by atoms with Gasteiger partial charge < -0.3 is 10.2 Å². The highest BCUT2D eigenvalue weighted by Gasteiger charge is 2.30. The van der Waals surface area contributed by atoms with Crippen molar-refractivity contribution in [2.75, 3.05) is 23.3 Å². The second-order valence-corrected chi connectivity index (χ2v) is 6.25. The number of anilines is 2. The maximum atomic E-state index is 12.9. The summed E-state index contributed by atoms with van der Waals surface area (Å²) in [6.07, 6.45) is -3.00. The first-order chi connectivity index (χ1) is 13.3. The number of nitrogens with one attached hydrogen (secondary N) is 1. The van der Waals surface area contributed by atoms with Gasteiger partial charge in [-0.15, -0.1) is 0 Å². The molecule has 0 saturated heterocycles. The fourth-order valence-corrected chi connectivity index (χ4v) is 3.11. The van der Waals surface area contributed by atoms with Gasteiger partial charge in [0.1, 0.15) is 5.82 Å². The van der Waals surface area contributed by atoms with Crippen LogP contribution in [0.15, 0.2) is 54.7 Å². The van der Waals surface area contributed by atoms with Crippen LogP contribution in [0.5, 0.6) is 0 Å². The molecule has 146 valence electrons. The Bertz CT molecular complexity index is 998. The van der Waals surface area contributed by atoms with Gasteiger partial charge in [0.25, 0.3) is 5.91 Å². The predicted molar refractivity (Wildman–Crippen MR) is 105 cm³/mol. The third-order valence-corrected chi connectivity index (χ3v) is 4.53. The molecule has 0 spiro atoms. The summed E-state index contributed by atoms with van der Waals surface area (Å²) in [4.78, 5) is 19.3. The summed E-state index contributed by atoms with van der Waals surface area (Å²) in [5.74, 6) is 0.269. The number of aromatic nitrogens is 1. The van der Waals surface area contributed by atoms with E-state index in [9.17, 15) is 18.0 Å². The molecule has 1 amide bonds. The lowest BCUT2D eigenvalue weighted by Crippen LogP contribution is -2.24. The lowest BCUT2D eigenvalue weighted by atomic mass is 10.1. The number of hydrogen-bond acceptors (Lipinski definition) is 3. The highest BCUT2D eigenvalue weighted by molar-refractivity contribution is 6.14. The van der Waals surface area contributed by atoms with E-state index in [4.69, 9.17) is 0 Å². The van der Waals surface area contributed by atoms with Crippen molar-refractivity contribution in [1.82, 2.24) is 4.98 Å². The van der Waals surface area contributed by atoms with Gasteiger partial charge in [-0.1, -0.05) is 30.3 Å². The van der Waals surface area contributed by atoms with Crippen molar-refractivity contribution in [2.45, 2.75) is 20.0 Å². The molecular weight excluding hydrogens is 367 g/mol. The van der Waals surface area contributed by atoms with Gasteiger partial charge in [-0.25, -0.2) is 4.98 Å². The van der Waals surface area contributed by atoms with Gasteiger partial charge >= 0.3 is 6.18 Å². The van der Waals surface area contributed by atoms with Crippen LogP contribution < -0.4 is 10.2 Å². The number of hydrogen-bond donors (Lipinski definition) is 1. The molecule has 28 heavy (non-hydrogen) atoms. The smallest absolute Gasteiger partial charge is 0.357 e. The molecule has 0 aliphatic rings. The maximum Gasteiger partial charge on any atom is 0.416 e. The molecule has 0 aliphatic carbocycles. The highest BCUT2D eigenvalue weighted by Crippen LogP contribution is 2.31. The number of fused-ring (bicyclic) bond motifs is 1. The van der Waals surface area contributed by atoms with Crippen LogP contribution >= 0.6 is 0 Å². The van der Waals surface area contributed by atoms with Crippen molar-refractivity contribution in [3.63, 3.8) is 0 Å². The molecule has 0 aliphatic heterocycles. The van der Waals surface area contributed by atoms with Crippen molar-refractivity contribution in [3.05, 3.63) is 65.9 Å². The largest absolute Gasteiger partial charge is 0.416 e. The van der Waals surface area contributed by atoms with Gasteiger partial charge in [-0.3, -0.25) is 4.79 Å². The quantitative estimate of drug-likeness (QED) is 0.642. The van der Waals surface area contributed by atoms with E-state index in [2.05, 4.69) is 15.2 Å². The number of pyridine rings is 1. The third kappa shape index (κ3) is 3.93. The van der Waals surface area contributed by atoms with Crippen molar-refractivity contribution in [2.24, 2.45) is 0 Å². The first-order valence-corrected chi connectivity index (χ1v) is 8.96. The van der Waals surface area contributed by atoms with E-state index in [1.54, 1.807) is 0 Å². The number of benzene rings is 2. The van der Waals surface area contributed by atoms with Crippen LogP contribution in [-0.4, -0.2) is 24.0 Å². The Morgan fingerprint density at radius 1 is 1.04 bits per heavy atom. The van der Waals surface area contributed by atoms with Gasteiger partial charge in [0, 0.05) is 30.4 Å². The van der Waals surface area contributed by atoms with E-state index in [-0.39, 0.29) is 5.69 Å². The van der Waals surface area contributed by atoms with E-state index in [1.807, 2.05) is 38.1 Å². The zero-order chi connectivity index (χ0) is 20.3. The molecule has 1 aromatic heterocycles. The van der Waals surface area contributed by atoms with Gasteiger partial charge in [-0.2, -0.15) is 13.2 Å². The normalized spacial score (nSPS) is 11.5. The second-order valence-electron chi connectivity index (χ2n) is 6.25. The molecule has 0 fully saturated rings. The molecule has 0 atom stereocenters. The highest BCUT2D eigenvalue weighted by atomic mass is 19.4. The molecule has 3 rings (SSSR count). The van der Waals surface area contributed by atoms with Gasteiger partial charge in [0.2, 0.25) is 0 Å². The molecular formula is C21H20F3N3O. The molecule has 7 heteroatoms. The van der Waals surface area contributed by atoms with Crippen LogP contribution in [0.2, 0.25) is 0 Å². The monoisotopic (exact) mass is 387 g/mol. The van der Waals surface area contributed by atoms with Gasteiger partial charge in [0.15, 0.2) is 0 Å². The summed E-state index contributed by atoms with van der Waals surface area (Å²) in [6.45, 7) is 5.58. The molecule has 1 N–H and O–H groups in total. The fourth-order valence-electron chi connectivity index (χ4n) is 3.11. The number of carbonyl (C=O) groups excluding carboxylic acids is 1. The van der Waals surface area contributed by atoms with Crippen molar-refractivity contribution >= 4 is 28.2 Å². The van der Waals surface area contributed by atoms with Crippen LogP contribution in [0.25, 0.3) is 10.8 Å². The fraction of sp³-hybridized carbons (Fsp3) is 0.238. The van der Waals surface area contributed by atoms with Crippen molar-refractivity contribution in [3.8, 4) is 0 Å². The van der Waals surface area contributed by atoms with Crippen LogP contribution in [0.4, 0.5) is 24.7 Å². The minimum Gasteiger partial charge on any atom is -0.357 e. The number of carbonyl (C=O) groups is 1. The zero-order valence-corrected chi connectivity index (χ0v) is 15.5. The average Bonchev–Trinajstić information content (AvgIpc) is 2.68. The van der Waals surface area contributed by atoms with Crippen LogP contribution in [0.3, 0.4) is 0 Å². The Morgan fingerprint density at radius 2 is 1.71 bits per heavy atom. The molecule has 4 nitrogen and oxygen atoms in total. The molecule has 2 aromatic carbocycles. The van der Waals surface area contributed by atoms with E-state index in [1.165, 1.54) is 18.3 Å². The topological polar surface area (TPSA) is 45.2 Å². The van der Waals surface area contributed by atoms with E-state index in [0.29, 0.717) is 10.9 Å². The summed E-state index contributed by atoms with van der Waals surface area (Å²) >= 11 is 0. The minimum atomic E-state index is -4.47. The first-order valence-electron chi connectivity index (χ1n) is 8.96. The Labute approximate surface area is 161 Å². The van der Waals surface area contributed by atoms with E-state index in [0.717, 1.165) is 36.4 Å². The Kier molecular flexibility index (Phi) is 5.53. The maximum absolute atomic E-state index is 12.9. The van der Waals surface area contributed by atoms with E-state index >= 15 is 0 Å². The van der Waals surface area contributed by atoms with Crippen molar-refractivity contribution in [1.29, 1.82) is 0 Å². The summed E-state index contributed by atoms with van der Waals surface area (Å²) in [6, 6.07) is 11.9. The molecule has 0 unspecified atom stereocenters. The number of rotatable bonds is 5. The summed E-state index contributed by atoms with van der Waals surface area (Å²) < 4.78 is 38.7. The number of halogens is 3. The zero-order valence-electron chi connectivity index (χ0n) is 15.5. The number of alkyl halides is 3. The Hall–Kier alpha value is -3.09. The Morgan fingerprint density at radius 3 is 2.36 bits per heavy atom. The molecule has 1 heterocycles. The number of nitrogens with zero attached hydrogens (tertiary/aromatic N) is 2. The number of amides is 1. The molecule has 0 radical (unpaired) electrons. The average molecular weight is 387 g/mol. The second kappa shape index (κ2) is 7.88. The standard InChI is InChI=1S/C21H20F3N3O/c1-3-27(4-2)19-17-11-6-5-10-16(17)18(13-25-19)20(28)26-15-9-7-8-14(12-15)21(22,23)24/h5-13H,3-4H2,1-2H3,(H,26,28). The van der Waals surface area contributed by atoms with Crippen LogP contribution in [0, 0.1) is 0 Å². The summed E-state index contributed by atoms with van der Waals surface area (Å²) in [5.41, 5.74) is -0.425. The Balaban J connectivity index is 1.98. The van der Waals surface area contributed by atoms with E-state index < -0.39 is 17.6 Å². The predicted octanol–water partition coefficient (Wildman–Crippen LogP) is 5.35. The lowest BCUT2D eigenvalue weighted by molar-refractivity contribution is -0.137. The van der Waals surface area contributed by atoms with Gasteiger partial charge in [-0.05, 0) is 37.4 Å². The van der Waals surface area contributed by atoms with Crippen LogP contribution in [-0.2, 0) is 6.18 Å². The van der Waals surface area contributed by atoms with Crippen molar-refractivity contribution < 1.29 is 18.0 Å². The molecule has 3 aromatic rings. The summed E-state index contributed by atoms with van der Waals surface area (Å²) in [7, 11) is 0. The van der Waals surface area contributed by atoms with Crippen LogP contribution in [0.1, 0.15) is 29.8 Å². The molecule has 0 saturated carbocycles. The molecule has 0 bridgehead atoms. The SMILES string of the molecule is CCN(CC)c1ncc(C(=O)Nc2cccc(C(F)(F)F)c2)c2ccccc12. The lowest BCUT2D eigenvalue weighted by Gasteiger charge is -2.22. The third-order valence-electron chi connectivity index (χ3n) is 4.53.